The lowest BCUT2D eigenvalue weighted by molar-refractivity contribution is -0.105. The molecule has 0 fully saturated rings. The quantitative estimate of drug-likeness (QED) is 0.828. The summed E-state index contributed by atoms with van der Waals surface area (Å²) < 4.78 is 0. The first-order valence-corrected chi connectivity index (χ1v) is 6.94. The Morgan fingerprint density at radius 1 is 1.14 bits per heavy atom. The minimum Gasteiger partial charge on any atom is -0.386 e. The van der Waals surface area contributed by atoms with E-state index >= 15 is 0 Å². The van der Waals surface area contributed by atoms with Crippen molar-refractivity contribution in [2.45, 2.75) is 0 Å². The minimum atomic E-state index is 0.662. The third kappa shape index (κ3) is 3.11. The zero-order valence-electron chi connectivity index (χ0n) is 12.3. The second-order valence-corrected chi connectivity index (χ2v) is 5.18. The van der Waals surface area contributed by atoms with E-state index in [4.69, 9.17) is 11.6 Å². The van der Waals surface area contributed by atoms with Gasteiger partial charge in [-0.25, -0.2) is 0 Å². The maximum absolute atomic E-state index is 10.6. The molecule has 5 heteroatoms. The van der Waals surface area contributed by atoms with Crippen LogP contribution in [0.3, 0.4) is 0 Å². The predicted octanol–water partition coefficient (Wildman–Crippen LogP) is 3.68. The van der Waals surface area contributed by atoms with E-state index in [-0.39, 0.29) is 0 Å². The number of benzene rings is 2. The Bertz CT molecular complexity index is 656. The molecule has 110 valence electrons. The van der Waals surface area contributed by atoms with Crippen molar-refractivity contribution in [3.63, 3.8) is 0 Å². The standard InChI is InChI=1S/C16H18ClN3O/c1-18-14-9-11(7-8-13(14)19-10-21)12-5-4-6-15(16(12)17)20(2)3/h4-10,18H,1-3H3,(H,19,21). The Morgan fingerprint density at radius 3 is 2.52 bits per heavy atom. The number of carbonyl (C=O) groups is 1. The number of hydrogen-bond donors (Lipinski definition) is 2. The van der Waals surface area contributed by atoms with E-state index in [0.29, 0.717) is 11.4 Å². The number of rotatable bonds is 5. The Morgan fingerprint density at radius 2 is 1.90 bits per heavy atom. The average Bonchev–Trinajstić information content (AvgIpc) is 2.48. The van der Waals surface area contributed by atoms with E-state index < -0.39 is 0 Å². The summed E-state index contributed by atoms with van der Waals surface area (Å²) >= 11 is 6.50. The van der Waals surface area contributed by atoms with Gasteiger partial charge in [-0.2, -0.15) is 0 Å². The molecule has 2 rings (SSSR count). The van der Waals surface area contributed by atoms with Gasteiger partial charge < -0.3 is 15.5 Å². The van der Waals surface area contributed by atoms with Crippen molar-refractivity contribution < 1.29 is 4.79 Å². The van der Waals surface area contributed by atoms with E-state index in [9.17, 15) is 4.79 Å². The maximum atomic E-state index is 10.6. The van der Waals surface area contributed by atoms with Crippen LogP contribution < -0.4 is 15.5 Å². The molecule has 0 spiro atoms. The van der Waals surface area contributed by atoms with Gasteiger partial charge in [0.05, 0.1) is 22.1 Å². The van der Waals surface area contributed by atoms with Crippen LogP contribution in [0.2, 0.25) is 5.02 Å². The molecular weight excluding hydrogens is 286 g/mol. The number of nitrogens with zero attached hydrogens (tertiary/aromatic N) is 1. The van der Waals surface area contributed by atoms with E-state index in [1.807, 2.05) is 62.4 Å². The normalized spacial score (nSPS) is 10.1. The van der Waals surface area contributed by atoms with Gasteiger partial charge in [-0.1, -0.05) is 29.8 Å². The molecule has 2 aromatic carbocycles. The lowest BCUT2D eigenvalue weighted by Crippen LogP contribution is -2.09. The molecule has 0 radical (unpaired) electrons. The third-order valence-electron chi connectivity index (χ3n) is 3.27. The van der Waals surface area contributed by atoms with Crippen LogP contribution in [-0.2, 0) is 4.79 Å². The maximum Gasteiger partial charge on any atom is 0.211 e. The van der Waals surface area contributed by atoms with Gasteiger partial charge in [0, 0.05) is 26.7 Å². The van der Waals surface area contributed by atoms with Crippen molar-refractivity contribution in [1.29, 1.82) is 0 Å². The second-order valence-electron chi connectivity index (χ2n) is 4.81. The summed E-state index contributed by atoms with van der Waals surface area (Å²) in [4.78, 5) is 12.6. The van der Waals surface area contributed by atoms with Crippen molar-refractivity contribution in [3.05, 3.63) is 41.4 Å². The molecule has 21 heavy (non-hydrogen) atoms. The number of hydrogen-bond acceptors (Lipinski definition) is 3. The summed E-state index contributed by atoms with van der Waals surface area (Å²) in [5.74, 6) is 0. The van der Waals surface area contributed by atoms with Gasteiger partial charge in [-0.15, -0.1) is 0 Å². The van der Waals surface area contributed by atoms with Crippen molar-refractivity contribution >= 4 is 35.1 Å². The van der Waals surface area contributed by atoms with Crippen LogP contribution in [0.5, 0.6) is 0 Å². The molecule has 2 aromatic rings. The van der Waals surface area contributed by atoms with E-state index in [1.165, 1.54) is 0 Å². The summed E-state index contributed by atoms with van der Waals surface area (Å²) in [6.07, 6.45) is 0.662. The predicted molar refractivity (Wildman–Crippen MR) is 90.4 cm³/mol. The van der Waals surface area contributed by atoms with Gasteiger partial charge >= 0.3 is 0 Å². The second kappa shape index (κ2) is 6.50. The fourth-order valence-electron chi connectivity index (χ4n) is 2.20. The van der Waals surface area contributed by atoms with E-state index in [0.717, 1.165) is 28.2 Å². The Kier molecular flexibility index (Phi) is 4.70. The minimum absolute atomic E-state index is 0.662. The molecule has 1 amide bonds. The number of anilines is 3. The van der Waals surface area contributed by atoms with Gasteiger partial charge in [0.2, 0.25) is 6.41 Å². The molecule has 0 bridgehead atoms. The van der Waals surface area contributed by atoms with E-state index in [1.54, 1.807) is 0 Å². The van der Waals surface area contributed by atoms with Crippen LogP contribution in [0.15, 0.2) is 36.4 Å². The number of amides is 1. The average molecular weight is 304 g/mol. The van der Waals surface area contributed by atoms with Crippen LogP contribution in [0.1, 0.15) is 0 Å². The van der Waals surface area contributed by atoms with Crippen molar-refractivity contribution in [2.24, 2.45) is 0 Å². The summed E-state index contributed by atoms with van der Waals surface area (Å²) in [6, 6.07) is 11.7. The zero-order chi connectivity index (χ0) is 15.4. The molecule has 0 aliphatic heterocycles. The molecule has 0 atom stereocenters. The van der Waals surface area contributed by atoms with Crippen LogP contribution in [0.4, 0.5) is 17.1 Å². The highest BCUT2D eigenvalue weighted by Gasteiger charge is 2.11. The molecule has 0 unspecified atom stereocenters. The summed E-state index contributed by atoms with van der Waals surface area (Å²) in [7, 11) is 5.73. The van der Waals surface area contributed by atoms with Gasteiger partial charge in [0.1, 0.15) is 0 Å². The van der Waals surface area contributed by atoms with Gasteiger partial charge in [-0.05, 0) is 23.8 Å². The first kappa shape index (κ1) is 15.2. The first-order valence-electron chi connectivity index (χ1n) is 6.56. The molecule has 0 aliphatic carbocycles. The van der Waals surface area contributed by atoms with Crippen molar-refractivity contribution in [1.82, 2.24) is 0 Å². The Labute approximate surface area is 129 Å². The zero-order valence-corrected chi connectivity index (χ0v) is 13.0. The smallest absolute Gasteiger partial charge is 0.211 e. The van der Waals surface area contributed by atoms with Crippen LogP contribution in [0, 0.1) is 0 Å². The molecule has 0 saturated heterocycles. The fraction of sp³-hybridized carbons (Fsp3) is 0.188. The summed E-state index contributed by atoms with van der Waals surface area (Å²) in [6.45, 7) is 0. The lowest BCUT2D eigenvalue weighted by atomic mass is 10.0. The number of halogens is 1. The molecule has 0 aromatic heterocycles. The monoisotopic (exact) mass is 303 g/mol. The SMILES string of the molecule is CNc1cc(-c2cccc(N(C)C)c2Cl)ccc1NC=O. The van der Waals surface area contributed by atoms with E-state index in [2.05, 4.69) is 10.6 Å². The van der Waals surface area contributed by atoms with Crippen molar-refractivity contribution in [2.75, 3.05) is 36.7 Å². The third-order valence-corrected chi connectivity index (χ3v) is 3.67. The van der Waals surface area contributed by atoms with Crippen LogP contribution >= 0.6 is 11.6 Å². The largest absolute Gasteiger partial charge is 0.386 e. The number of nitrogens with one attached hydrogen (secondary N) is 2. The van der Waals surface area contributed by atoms with Gasteiger partial charge in [0.25, 0.3) is 0 Å². The van der Waals surface area contributed by atoms with Crippen LogP contribution in [-0.4, -0.2) is 27.6 Å². The first-order chi connectivity index (χ1) is 10.1. The fourth-order valence-corrected chi connectivity index (χ4v) is 2.60. The lowest BCUT2D eigenvalue weighted by Gasteiger charge is -2.17. The number of carbonyl (C=O) groups excluding carboxylic acids is 1. The van der Waals surface area contributed by atoms with Gasteiger partial charge in [-0.3, -0.25) is 4.79 Å². The summed E-state index contributed by atoms with van der Waals surface area (Å²) in [5, 5.41) is 6.45. The molecule has 4 nitrogen and oxygen atoms in total. The molecule has 0 heterocycles. The molecule has 0 saturated carbocycles. The highest BCUT2D eigenvalue weighted by molar-refractivity contribution is 6.36. The van der Waals surface area contributed by atoms with Crippen molar-refractivity contribution in [3.8, 4) is 11.1 Å². The topological polar surface area (TPSA) is 44.4 Å². The molecular formula is C16H18ClN3O. The summed E-state index contributed by atoms with van der Waals surface area (Å²) in [5.41, 5.74) is 4.49. The highest BCUT2D eigenvalue weighted by atomic mass is 35.5. The van der Waals surface area contributed by atoms with Gasteiger partial charge in [0.15, 0.2) is 0 Å². The molecule has 2 N–H and O–H groups in total. The van der Waals surface area contributed by atoms with Crippen LogP contribution in [0.25, 0.3) is 11.1 Å². The Balaban J connectivity index is 2.52. The Hall–Kier alpha value is -2.20. The molecule has 0 aliphatic rings. The highest BCUT2D eigenvalue weighted by Crippen LogP contribution is 2.37.